The van der Waals surface area contributed by atoms with Crippen LogP contribution in [0.4, 0.5) is 11.5 Å². The SMILES string of the molecule is CCc1scc(C(=O)O)c1Nc1ccc2cccc(OC)c2n1. The van der Waals surface area contributed by atoms with Gasteiger partial charge in [-0.2, -0.15) is 0 Å². The Labute approximate surface area is 137 Å². The lowest BCUT2D eigenvalue weighted by atomic mass is 10.2. The van der Waals surface area contributed by atoms with Crippen LogP contribution in [-0.4, -0.2) is 23.2 Å². The number of nitrogens with one attached hydrogen (secondary N) is 1. The summed E-state index contributed by atoms with van der Waals surface area (Å²) in [6.45, 7) is 2.00. The molecule has 0 fully saturated rings. The summed E-state index contributed by atoms with van der Waals surface area (Å²) in [4.78, 5) is 16.9. The van der Waals surface area contributed by atoms with E-state index in [1.54, 1.807) is 12.5 Å². The Morgan fingerprint density at radius 3 is 2.87 bits per heavy atom. The molecule has 0 aliphatic carbocycles. The van der Waals surface area contributed by atoms with Gasteiger partial charge in [-0.25, -0.2) is 9.78 Å². The van der Waals surface area contributed by atoms with Crippen molar-refractivity contribution < 1.29 is 14.6 Å². The van der Waals surface area contributed by atoms with E-state index in [1.807, 2.05) is 37.3 Å². The summed E-state index contributed by atoms with van der Waals surface area (Å²) in [6.07, 6.45) is 0.761. The fourth-order valence-electron chi connectivity index (χ4n) is 2.43. The van der Waals surface area contributed by atoms with Gasteiger partial charge in [0, 0.05) is 15.6 Å². The van der Waals surface area contributed by atoms with Crippen molar-refractivity contribution >= 4 is 39.7 Å². The number of rotatable bonds is 5. The number of nitrogens with zero attached hydrogens (tertiary/aromatic N) is 1. The van der Waals surface area contributed by atoms with Crippen LogP contribution < -0.4 is 10.1 Å². The first kappa shape index (κ1) is 15.3. The van der Waals surface area contributed by atoms with Crippen molar-refractivity contribution in [2.75, 3.05) is 12.4 Å². The first-order valence-corrected chi connectivity index (χ1v) is 8.06. The first-order chi connectivity index (χ1) is 11.1. The lowest BCUT2D eigenvalue weighted by Crippen LogP contribution is -2.02. The molecule has 5 nitrogen and oxygen atoms in total. The van der Waals surface area contributed by atoms with Crippen LogP contribution in [0.15, 0.2) is 35.7 Å². The van der Waals surface area contributed by atoms with Crippen molar-refractivity contribution in [2.24, 2.45) is 0 Å². The number of aromatic nitrogens is 1. The van der Waals surface area contributed by atoms with E-state index in [0.29, 0.717) is 17.3 Å². The number of carbonyl (C=O) groups is 1. The summed E-state index contributed by atoms with van der Waals surface area (Å²) in [6, 6.07) is 9.49. The number of hydrogen-bond acceptors (Lipinski definition) is 5. The highest BCUT2D eigenvalue weighted by atomic mass is 32.1. The van der Waals surface area contributed by atoms with E-state index in [1.165, 1.54) is 11.3 Å². The summed E-state index contributed by atoms with van der Waals surface area (Å²) in [5.74, 6) is 0.338. The van der Waals surface area contributed by atoms with Gasteiger partial charge in [-0.15, -0.1) is 11.3 Å². The molecule has 0 saturated heterocycles. The average Bonchev–Trinajstić information content (AvgIpc) is 2.97. The van der Waals surface area contributed by atoms with Crippen LogP contribution in [0, 0.1) is 0 Å². The highest BCUT2D eigenvalue weighted by molar-refractivity contribution is 7.10. The number of anilines is 2. The van der Waals surface area contributed by atoms with Gasteiger partial charge < -0.3 is 15.2 Å². The smallest absolute Gasteiger partial charge is 0.338 e. The zero-order valence-electron chi connectivity index (χ0n) is 12.8. The maximum absolute atomic E-state index is 11.4. The molecule has 0 atom stereocenters. The number of fused-ring (bicyclic) bond motifs is 1. The van der Waals surface area contributed by atoms with E-state index in [-0.39, 0.29) is 5.56 Å². The molecule has 0 unspecified atom stereocenters. The van der Waals surface area contributed by atoms with Crippen molar-refractivity contribution in [2.45, 2.75) is 13.3 Å². The van der Waals surface area contributed by atoms with Gasteiger partial charge in [0.1, 0.15) is 17.1 Å². The number of aromatic carboxylic acids is 1. The molecule has 0 saturated carbocycles. The van der Waals surface area contributed by atoms with Crippen LogP contribution in [0.25, 0.3) is 10.9 Å². The molecule has 2 aromatic heterocycles. The standard InChI is InChI=1S/C17H16N2O3S/c1-3-13-16(11(9-23-13)17(20)21)19-14-8-7-10-5-4-6-12(22-2)15(10)18-14/h4-9H,3H2,1-2H3,(H,18,19)(H,20,21). The number of carboxylic acids is 1. The Hall–Kier alpha value is -2.60. The van der Waals surface area contributed by atoms with Crippen molar-refractivity contribution in [3.63, 3.8) is 0 Å². The molecule has 0 radical (unpaired) electrons. The van der Waals surface area contributed by atoms with Gasteiger partial charge in [0.05, 0.1) is 18.4 Å². The summed E-state index contributed by atoms with van der Waals surface area (Å²) in [7, 11) is 1.60. The number of ether oxygens (including phenoxy) is 1. The second kappa shape index (κ2) is 6.26. The van der Waals surface area contributed by atoms with E-state index >= 15 is 0 Å². The number of carboxylic acid groups (broad SMARTS) is 1. The van der Waals surface area contributed by atoms with Crippen LogP contribution in [0.5, 0.6) is 5.75 Å². The monoisotopic (exact) mass is 328 g/mol. The lowest BCUT2D eigenvalue weighted by molar-refractivity contribution is 0.0698. The molecule has 1 aromatic carbocycles. The zero-order valence-corrected chi connectivity index (χ0v) is 13.6. The van der Waals surface area contributed by atoms with Gasteiger partial charge in [-0.05, 0) is 24.6 Å². The van der Waals surface area contributed by atoms with Crippen molar-refractivity contribution in [1.82, 2.24) is 4.98 Å². The van der Waals surface area contributed by atoms with Crippen LogP contribution >= 0.6 is 11.3 Å². The predicted molar refractivity (Wildman–Crippen MR) is 92.2 cm³/mol. The molecule has 0 bridgehead atoms. The summed E-state index contributed by atoms with van der Waals surface area (Å²) in [5.41, 5.74) is 1.63. The summed E-state index contributed by atoms with van der Waals surface area (Å²) < 4.78 is 5.34. The van der Waals surface area contributed by atoms with E-state index < -0.39 is 5.97 Å². The third kappa shape index (κ3) is 2.85. The van der Waals surface area contributed by atoms with E-state index in [4.69, 9.17) is 4.74 Å². The molecular weight excluding hydrogens is 312 g/mol. The molecule has 6 heteroatoms. The highest BCUT2D eigenvalue weighted by Gasteiger charge is 2.17. The fourth-order valence-corrected chi connectivity index (χ4v) is 3.36. The van der Waals surface area contributed by atoms with Crippen molar-refractivity contribution in [3.8, 4) is 5.75 Å². The number of methoxy groups -OCH3 is 1. The van der Waals surface area contributed by atoms with Crippen LogP contribution in [0.1, 0.15) is 22.2 Å². The van der Waals surface area contributed by atoms with Gasteiger partial charge in [0.2, 0.25) is 0 Å². The molecule has 23 heavy (non-hydrogen) atoms. The molecular formula is C17H16N2O3S. The van der Waals surface area contributed by atoms with E-state index in [9.17, 15) is 9.90 Å². The minimum Gasteiger partial charge on any atom is -0.494 e. The summed E-state index contributed by atoms with van der Waals surface area (Å²) in [5, 5.41) is 15.1. The maximum atomic E-state index is 11.4. The van der Waals surface area contributed by atoms with Crippen LogP contribution in [0.2, 0.25) is 0 Å². The third-order valence-electron chi connectivity index (χ3n) is 3.57. The molecule has 0 aliphatic rings. The first-order valence-electron chi connectivity index (χ1n) is 7.18. The number of benzene rings is 1. The van der Waals surface area contributed by atoms with Gasteiger partial charge in [0.25, 0.3) is 0 Å². The number of thiophene rings is 1. The second-order valence-electron chi connectivity index (χ2n) is 4.96. The molecule has 2 N–H and O–H groups in total. The summed E-state index contributed by atoms with van der Waals surface area (Å²) >= 11 is 1.44. The number of pyridine rings is 1. The molecule has 0 amide bonds. The average molecular weight is 328 g/mol. The van der Waals surface area contributed by atoms with Gasteiger partial charge >= 0.3 is 5.97 Å². The van der Waals surface area contributed by atoms with E-state index in [0.717, 1.165) is 22.2 Å². The number of hydrogen-bond donors (Lipinski definition) is 2. The van der Waals surface area contributed by atoms with E-state index in [2.05, 4.69) is 10.3 Å². The second-order valence-corrected chi connectivity index (χ2v) is 5.92. The van der Waals surface area contributed by atoms with Gasteiger partial charge in [-0.1, -0.05) is 19.1 Å². The molecule has 2 heterocycles. The van der Waals surface area contributed by atoms with Crippen molar-refractivity contribution in [3.05, 3.63) is 46.2 Å². The Balaban J connectivity index is 2.05. The normalized spacial score (nSPS) is 10.7. The molecule has 118 valence electrons. The topological polar surface area (TPSA) is 71.5 Å². The third-order valence-corrected chi connectivity index (χ3v) is 4.71. The minimum atomic E-state index is -0.943. The van der Waals surface area contributed by atoms with Gasteiger partial charge in [0.15, 0.2) is 0 Å². The zero-order chi connectivity index (χ0) is 16.4. The number of aryl methyl sites for hydroxylation is 1. The van der Waals surface area contributed by atoms with Crippen LogP contribution in [-0.2, 0) is 6.42 Å². The minimum absolute atomic E-state index is 0.272. The maximum Gasteiger partial charge on any atom is 0.338 e. The quantitative estimate of drug-likeness (QED) is 0.730. The molecule has 3 aromatic rings. The Kier molecular flexibility index (Phi) is 4.16. The molecule has 0 spiro atoms. The number of para-hydroxylation sites is 1. The largest absolute Gasteiger partial charge is 0.494 e. The Morgan fingerprint density at radius 2 is 2.17 bits per heavy atom. The fraction of sp³-hybridized carbons (Fsp3) is 0.176. The van der Waals surface area contributed by atoms with Crippen LogP contribution in [0.3, 0.4) is 0 Å². The highest BCUT2D eigenvalue weighted by Crippen LogP contribution is 2.32. The van der Waals surface area contributed by atoms with Crippen molar-refractivity contribution in [1.29, 1.82) is 0 Å². The molecule has 0 aliphatic heterocycles. The molecule has 3 rings (SSSR count). The van der Waals surface area contributed by atoms with Gasteiger partial charge in [-0.3, -0.25) is 0 Å². The predicted octanol–water partition coefficient (Wildman–Crippen LogP) is 4.31. The Morgan fingerprint density at radius 1 is 1.35 bits per heavy atom. The lowest BCUT2D eigenvalue weighted by Gasteiger charge is -2.10. The Bertz CT molecular complexity index is 873.